The van der Waals surface area contributed by atoms with Crippen LogP contribution in [-0.2, 0) is 20.0 Å². The first-order chi connectivity index (χ1) is 16.9. The van der Waals surface area contributed by atoms with Crippen molar-refractivity contribution in [2.75, 3.05) is 11.9 Å². The second-order valence-electron chi connectivity index (χ2n) is 8.94. The number of halogens is 1. The van der Waals surface area contributed by atoms with Crippen molar-refractivity contribution in [1.29, 1.82) is 0 Å². The Kier molecular flexibility index (Phi) is 7.76. The van der Waals surface area contributed by atoms with Crippen molar-refractivity contribution >= 4 is 44.8 Å². The van der Waals surface area contributed by atoms with Gasteiger partial charge >= 0.3 is 10.3 Å². The van der Waals surface area contributed by atoms with E-state index in [1.807, 2.05) is 24.4 Å². The second-order valence-corrected chi connectivity index (χ2v) is 11.5. The molecule has 0 aliphatic heterocycles. The largest absolute Gasteiger partial charge is 0.393 e. The van der Waals surface area contributed by atoms with Crippen molar-refractivity contribution in [1.82, 2.24) is 9.97 Å². The van der Waals surface area contributed by atoms with Crippen LogP contribution in [0.4, 0.5) is 5.82 Å². The molecule has 6 N–H and O–H groups in total. The Labute approximate surface area is 217 Å². The number of aliphatic hydroxyl groups is 1. The Morgan fingerprint density at radius 3 is 2.83 bits per heavy atom. The Morgan fingerprint density at radius 2 is 2.11 bits per heavy atom. The molecule has 4 rings (SSSR count). The van der Waals surface area contributed by atoms with Crippen LogP contribution in [0.3, 0.4) is 0 Å². The summed E-state index contributed by atoms with van der Waals surface area (Å²) in [6.45, 7) is 1.63. The van der Waals surface area contributed by atoms with E-state index in [0.717, 1.165) is 11.1 Å². The van der Waals surface area contributed by atoms with Gasteiger partial charge in [0.2, 0.25) is 5.78 Å². The Balaban J connectivity index is 1.50. The summed E-state index contributed by atoms with van der Waals surface area (Å²) in [4.78, 5) is 22.1. The summed E-state index contributed by atoms with van der Waals surface area (Å²) in [5.41, 5.74) is 7.61. The Morgan fingerprint density at radius 1 is 1.33 bits per heavy atom. The third kappa shape index (κ3) is 6.09. The van der Waals surface area contributed by atoms with Crippen LogP contribution in [-0.4, -0.2) is 48.0 Å². The molecule has 2 heterocycles. The van der Waals surface area contributed by atoms with E-state index in [1.165, 1.54) is 23.9 Å². The summed E-state index contributed by atoms with van der Waals surface area (Å²) in [6, 6.07) is 8.77. The molecular formula is C23H26ClN5O5S2. The number of nitrogens with zero attached hydrogens (tertiary/aromatic N) is 2. The highest BCUT2D eigenvalue weighted by Gasteiger charge is 2.35. The molecule has 1 aliphatic carbocycles. The standard InChI is InChI=1S/C23H26ClN5O5S2/c1-23(25,14-3-2-4-16(24)6-14)15-7-20(35-11-15)21(31)18-9-27-12-28-22(18)29-17-5-13(19(30)8-17)10-34-36(26,32)33/h2-4,6-7,9,11-13,17,19,30H,5,8,10,25H2,1H3,(H2,26,32,33)(H,27,28,29)/t13-,17-,19+,23?/m1/s1. The van der Waals surface area contributed by atoms with Gasteiger partial charge in [0, 0.05) is 23.2 Å². The molecule has 2 aromatic heterocycles. The van der Waals surface area contributed by atoms with Crippen molar-refractivity contribution in [2.45, 2.75) is 37.5 Å². The summed E-state index contributed by atoms with van der Waals surface area (Å²) in [5.74, 6) is -0.389. The van der Waals surface area contributed by atoms with Crippen molar-refractivity contribution in [3.8, 4) is 0 Å². The number of carbonyl (C=O) groups is 1. The van der Waals surface area contributed by atoms with Gasteiger partial charge in [-0.05, 0) is 54.5 Å². The number of ketones is 1. The van der Waals surface area contributed by atoms with E-state index in [9.17, 15) is 18.3 Å². The van der Waals surface area contributed by atoms with Gasteiger partial charge in [-0.15, -0.1) is 11.3 Å². The maximum Gasteiger partial charge on any atom is 0.333 e. The lowest BCUT2D eigenvalue weighted by Crippen LogP contribution is -2.33. The quantitative estimate of drug-likeness (QED) is 0.291. The lowest BCUT2D eigenvalue weighted by molar-refractivity contribution is 0.101. The van der Waals surface area contributed by atoms with E-state index < -0.39 is 27.9 Å². The van der Waals surface area contributed by atoms with Crippen LogP contribution >= 0.6 is 22.9 Å². The molecule has 36 heavy (non-hydrogen) atoms. The minimum absolute atomic E-state index is 0.226. The summed E-state index contributed by atoms with van der Waals surface area (Å²) in [6.07, 6.45) is 2.69. The fourth-order valence-corrected chi connectivity index (χ4v) is 5.76. The van der Waals surface area contributed by atoms with Gasteiger partial charge in [-0.1, -0.05) is 23.7 Å². The summed E-state index contributed by atoms with van der Waals surface area (Å²) < 4.78 is 26.8. The zero-order valence-corrected chi connectivity index (χ0v) is 21.7. The molecule has 1 unspecified atom stereocenters. The van der Waals surface area contributed by atoms with Crippen LogP contribution in [0, 0.1) is 5.92 Å². The first kappa shape index (κ1) is 26.6. The minimum atomic E-state index is -4.10. The number of aromatic nitrogens is 2. The van der Waals surface area contributed by atoms with E-state index >= 15 is 0 Å². The highest BCUT2D eigenvalue weighted by molar-refractivity contribution is 7.84. The van der Waals surface area contributed by atoms with Gasteiger partial charge in [0.25, 0.3) is 0 Å². The van der Waals surface area contributed by atoms with E-state index in [2.05, 4.69) is 19.5 Å². The maximum atomic E-state index is 13.4. The van der Waals surface area contributed by atoms with Crippen LogP contribution in [0.25, 0.3) is 0 Å². The summed E-state index contributed by atoms with van der Waals surface area (Å²) in [7, 11) is -4.10. The number of nitrogens with two attached hydrogens (primary N) is 2. The molecule has 4 atom stereocenters. The smallest absolute Gasteiger partial charge is 0.333 e. The molecule has 10 nitrogen and oxygen atoms in total. The van der Waals surface area contributed by atoms with Gasteiger partial charge in [-0.25, -0.2) is 15.1 Å². The van der Waals surface area contributed by atoms with E-state index in [4.69, 9.17) is 22.5 Å². The molecule has 1 saturated carbocycles. The number of anilines is 1. The molecule has 0 spiro atoms. The lowest BCUT2D eigenvalue weighted by atomic mass is 9.87. The monoisotopic (exact) mass is 551 g/mol. The number of nitrogens with one attached hydrogen (secondary N) is 1. The zero-order chi connectivity index (χ0) is 26.1. The topological polar surface area (TPSA) is 171 Å². The van der Waals surface area contributed by atoms with Crippen molar-refractivity contribution < 1.29 is 22.5 Å². The fourth-order valence-electron chi connectivity index (χ4n) is 4.22. The number of rotatable bonds is 9. The first-order valence-electron chi connectivity index (χ1n) is 11.0. The predicted molar refractivity (Wildman–Crippen MR) is 137 cm³/mol. The van der Waals surface area contributed by atoms with E-state index in [-0.39, 0.29) is 24.0 Å². The number of aliphatic hydroxyl groups excluding tert-OH is 1. The predicted octanol–water partition coefficient (Wildman–Crippen LogP) is 2.42. The number of hydrogen-bond acceptors (Lipinski definition) is 10. The molecule has 0 radical (unpaired) electrons. The molecule has 1 aromatic carbocycles. The third-order valence-electron chi connectivity index (χ3n) is 6.25. The van der Waals surface area contributed by atoms with Gasteiger partial charge in [0.15, 0.2) is 0 Å². The highest BCUT2D eigenvalue weighted by Crippen LogP contribution is 2.34. The molecule has 0 bridgehead atoms. The number of carbonyl (C=O) groups excluding carboxylic acids is 1. The second kappa shape index (κ2) is 10.5. The summed E-state index contributed by atoms with van der Waals surface area (Å²) in [5, 5.41) is 20.8. The molecule has 1 fully saturated rings. The molecule has 13 heteroatoms. The van der Waals surface area contributed by atoms with Crippen LogP contribution in [0.1, 0.15) is 46.1 Å². The summed E-state index contributed by atoms with van der Waals surface area (Å²) >= 11 is 7.40. The van der Waals surface area contributed by atoms with Crippen molar-refractivity contribution in [3.63, 3.8) is 0 Å². The van der Waals surface area contributed by atoms with Gasteiger partial charge < -0.3 is 16.2 Å². The van der Waals surface area contributed by atoms with Crippen LogP contribution in [0.5, 0.6) is 0 Å². The van der Waals surface area contributed by atoms with Crippen LogP contribution < -0.4 is 16.2 Å². The van der Waals surface area contributed by atoms with Crippen LogP contribution in [0.15, 0.2) is 48.2 Å². The number of hydrogen-bond donors (Lipinski definition) is 4. The third-order valence-corrected chi connectivity index (χ3v) is 7.88. The minimum Gasteiger partial charge on any atom is -0.393 e. The van der Waals surface area contributed by atoms with E-state index in [1.54, 1.807) is 18.2 Å². The lowest BCUT2D eigenvalue weighted by Gasteiger charge is -2.24. The molecule has 1 aliphatic rings. The molecule has 0 amide bonds. The molecule has 3 aromatic rings. The van der Waals surface area contributed by atoms with Gasteiger partial charge in [-0.3, -0.25) is 8.98 Å². The van der Waals surface area contributed by atoms with Crippen molar-refractivity contribution in [2.24, 2.45) is 16.8 Å². The SMILES string of the molecule is CC(N)(c1cccc(Cl)c1)c1csc(C(=O)c2cncnc2N[C@@H]2C[C@H](COS(N)(=O)=O)[C@@H](O)C2)c1. The Hall–Kier alpha value is -2.45. The molecule has 0 saturated heterocycles. The number of benzene rings is 1. The molecular weight excluding hydrogens is 526 g/mol. The molecule has 192 valence electrons. The van der Waals surface area contributed by atoms with Gasteiger partial charge in [-0.2, -0.15) is 8.42 Å². The number of thiophene rings is 1. The normalized spacial score (nSPS) is 21.8. The zero-order valence-electron chi connectivity index (χ0n) is 19.3. The van der Waals surface area contributed by atoms with Gasteiger partial charge in [0.1, 0.15) is 12.1 Å². The Bertz CT molecular complexity index is 1360. The average molecular weight is 552 g/mol. The first-order valence-corrected chi connectivity index (χ1v) is 13.8. The maximum absolute atomic E-state index is 13.4. The van der Waals surface area contributed by atoms with E-state index in [0.29, 0.717) is 28.6 Å². The average Bonchev–Trinajstić information content (AvgIpc) is 3.44. The van der Waals surface area contributed by atoms with Crippen LogP contribution in [0.2, 0.25) is 5.02 Å². The fraction of sp³-hybridized carbons (Fsp3) is 0.348. The highest BCUT2D eigenvalue weighted by atomic mass is 35.5. The van der Waals surface area contributed by atoms with Crippen molar-refractivity contribution in [3.05, 3.63) is 74.8 Å². The van der Waals surface area contributed by atoms with Gasteiger partial charge in [0.05, 0.1) is 28.7 Å².